The van der Waals surface area contributed by atoms with Gasteiger partial charge < -0.3 is 9.05 Å². The lowest BCUT2D eigenvalue weighted by molar-refractivity contribution is 0.219. The van der Waals surface area contributed by atoms with Crippen LogP contribution in [0.1, 0.15) is 26.7 Å². The van der Waals surface area contributed by atoms with Crippen molar-refractivity contribution < 1.29 is 18.0 Å². The van der Waals surface area contributed by atoms with Crippen LogP contribution in [0.15, 0.2) is 23.3 Å². The van der Waals surface area contributed by atoms with Gasteiger partial charge in [-0.3, -0.25) is 4.57 Å². The number of rotatable bonds is 5. The van der Waals surface area contributed by atoms with E-state index in [9.17, 15) is 8.96 Å². The summed E-state index contributed by atoms with van der Waals surface area (Å²) in [5.41, 5.74) is -0.0409. The maximum atomic E-state index is 14.3. The van der Waals surface area contributed by atoms with E-state index >= 15 is 0 Å². The van der Waals surface area contributed by atoms with Crippen LogP contribution in [-0.2, 0) is 13.6 Å². The smallest absolute Gasteiger partial charge is 0.304 e. The third-order valence-corrected chi connectivity index (χ3v) is 5.17. The standard InChI is InChI=1S/C12H18FO3P/c1-3-15-17(14,16-4-2)12(13)11-8-9-5-6-10(11)7-9/h5-6,9-10H,3-4,7-8H2,1-2H3/b12-11+. The molecule has 5 heteroatoms. The van der Waals surface area contributed by atoms with Crippen molar-refractivity contribution in [3.63, 3.8) is 0 Å². The van der Waals surface area contributed by atoms with E-state index in [2.05, 4.69) is 6.08 Å². The van der Waals surface area contributed by atoms with Crippen molar-refractivity contribution in [2.75, 3.05) is 13.2 Å². The van der Waals surface area contributed by atoms with Crippen molar-refractivity contribution in [2.45, 2.75) is 26.7 Å². The Morgan fingerprint density at radius 1 is 1.41 bits per heavy atom. The molecule has 2 bridgehead atoms. The highest BCUT2D eigenvalue weighted by molar-refractivity contribution is 7.58. The van der Waals surface area contributed by atoms with Gasteiger partial charge in [-0.15, -0.1) is 0 Å². The second kappa shape index (κ2) is 5.05. The quantitative estimate of drug-likeness (QED) is 0.553. The van der Waals surface area contributed by atoms with E-state index < -0.39 is 13.2 Å². The number of hydrogen-bond donors (Lipinski definition) is 0. The van der Waals surface area contributed by atoms with Gasteiger partial charge in [-0.25, -0.2) is 0 Å². The van der Waals surface area contributed by atoms with Gasteiger partial charge in [0.2, 0.25) is 5.57 Å². The lowest BCUT2D eigenvalue weighted by Crippen LogP contribution is -2.02. The topological polar surface area (TPSA) is 35.5 Å². The summed E-state index contributed by atoms with van der Waals surface area (Å²) in [6, 6.07) is 0. The molecule has 0 N–H and O–H groups in total. The van der Waals surface area contributed by atoms with Crippen LogP contribution in [-0.4, -0.2) is 13.2 Å². The Morgan fingerprint density at radius 2 is 2.06 bits per heavy atom. The molecule has 2 rings (SSSR count). The summed E-state index contributed by atoms with van der Waals surface area (Å²) in [5, 5.41) is 0. The van der Waals surface area contributed by atoms with Crippen LogP contribution < -0.4 is 0 Å². The van der Waals surface area contributed by atoms with Crippen molar-refractivity contribution in [3.05, 3.63) is 23.3 Å². The number of fused-ring (bicyclic) bond motifs is 2. The maximum absolute atomic E-state index is 14.3. The Labute approximate surface area is 101 Å². The molecule has 0 saturated heterocycles. The molecule has 2 aliphatic carbocycles. The van der Waals surface area contributed by atoms with Gasteiger partial charge in [-0.05, 0) is 38.2 Å². The molecule has 0 aliphatic heterocycles. The molecule has 0 heterocycles. The van der Waals surface area contributed by atoms with Crippen LogP contribution in [0.3, 0.4) is 0 Å². The molecule has 0 aromatic carbocycles. The zero-order valence-corrected chi connectivity index (χ0v) is 11.1. The minimum Gasteiger partial charge on any atom is -0.304 e. The van der Waals surface area contributed by atoms with Crippen LogP contribution in [0.2, 0.25) is 0 Å². The molecule has 0 spiro atoms. The molecule has 1 saturated carbocycles. The molecule has 17 heavy (non-hydrogen) atoms. The van der Waals surface area contributed by atoms with Gasteiger partial charge in [-0.2, -0.15) is 4.39 Å². The Morgan fingerprint density at radius 3 is 2.47 bits per heavy atom. The molecule has 0 aromatic heterocycles. The van der Waals surface area contributed by atoms with Crippen LogP contribution >= 0.6 is 7.60 Å². The van der Waals surface area contributed by atoms with E-state index in [0.717, 1.165) is 6.42 Å². The van der Waals surface area contributed by atoms with E-state index in [4.69, 9.17) is 9.05 Å². The number of allylic oxidation sites excluding steroid dienone is 3. The fraction of sp³-hybridized carbons (Fsp3) is 0.667. The van der Waals surface area contributed by atoms with Crippen molar-refractivity contribution in [3.8, 4) is 0 Å². The second-order valence-electron chi connectivity index (χ2n) is 4.34. The fourth-order valence-corrected chi connectivity index (χ4v) is 4.11. The normalized spacial score (nSPS) is 30.1. The molecule has 96 valence electrons. The molecule has 0 radical (unpaired) electrons. The SMILES string of the molecule is CCOP(=O)(OCC)/C(F)=C1\CC2C=CC1C2. The zero-order chi connectivity index (χ0) is 12.5. The molecule has 2 atom stereocenters. The molecule has 2 aliphatic rings. The summed E-state index contributed by atoms with van der Waals surface area (Å²) in [7, 11) is -3.71. The van der Waals surface area contributed by atoms with Gasteiger partial charge in [0.15, 0.2) is 0 Å². The third kappa shape index (κ3) is 2.40. The summed E-state index contributed by atoms with van der Waals surface area (Å²) in [4.78, 5) is 0. The monoisotopic (exact) mass is 260 g/mol. The highest BCUT2D eigenvalue weighted by Crippen LogP contribution is 2.61. The van der Waals surface area contributed by atoms with E-state index in [-0.39, 0.29) is 19.1 Å². The number of hydrogen-bond acceptors (Lipinski definition) is 3. The highest BCUT2D eigenvalue weighted by atomic mass is 31.2. The predicted octanol–water partition coefficient (Wildman–Crippen LogP) is 4.03. The molecular formula is C12H18FO3P. The predicted molar refractivity (Wildman–Crippen MR) is 64.3 cm³/mol. The average Bonchev–Trinajstić information content (AvgIpc) is 2.90. The first-order valence-electron chi connectivity index (χ1n) is 6.07. The third-order valence-electron chi connectivity index (χ3n) is 3.21. The van der Waals surface area contributed by atoms with Gasteiger partial charge in [-0.1, -0.05) is 12.2 Å². The van der Waals surface area contributed by atoms with Gasteiger partial charge in [0, 0.05) is 5.92 Å². The van der Waals surface area contributed by atoms with Crippen molar-refractivity contribution in [1.82, 2.24) is 0 Å². The van der Waals surface area contributed by atoms with Gasteiger partial charge in [0.25, 0.3) is 0 Å². The Hall–Kier alpha value is -0.440. The minimum absolute atomic E-state index is 0.0919. The largest absolute Gasteiger partial charge is 0.389 e. The molecule has 3 nitrogen and oxygen atoms in total. The molecule has 1 fully saturated rings. The summed E-state index contributed by atoms with van der Waals surface area (Å²) in [5.74, 6) is 0.492. The van der Waals surface area contributed by atoms with Gasteiger partial charge in [0.05, 0.1) is 13.2 Å². The van der Waals surface area contributed by atoms with Crippen LogP contribution in [0.25, 0.3) is 0 Å². The van der Waals surface area contributed by atoms with Crippen molar-refractivity contribution in [1.29, 1.82) is 0 Å². The van der Waals surface area contributed by atoms with Crippen molar-refractivity contribution >= 4 is 7.60 Å². The Bertz CT molecular complexity index is 393. The maximum Gasteiger partial charge on any atom is 0.389 e. The second-order valence-corrected chi connectivity index (χ2v) is 6.24. The molecule has 0 amide bonds. The molecule has 0 aromatic rings. The summed E-state index contributed by atoms with van der Waals surface area (Å²) >= 11 is 0. The van der Waals surface area contributed by atoms with E-state index in [1.165, 1.54) is 0 Å². The summed E-state index contributed by atoms with van der Waals surface area (Å²) in [6.45, 7) is 3.73. The first kappa shape index (κ1) is 13.0. The van der Waals surface area contributed by atoms with E-state index in [1.807, 2.05) is 6.08 Å². The number of halogens is 1. The first-order chi connectivity index (χ1) is 8.10. The summed E-state index contributed by atoms with van der Waals surface area (Å²) < 4.78 is 36.7. The zero-order valence-electron chi connectivity index (χ0n) is 10.2. The molecule has 2 unspecified atom stereocenters. The van der Waals surface area contributed by atoms with Gasteiger partial charge in [0.1, 0.15) is 0 Å². The average molecular weight is 260 g/mol. The first-order valence-corrected chi connectivity index (χ1v) is 7.61. The Kier molecular flexibility index (Phi) is 3.86. The molecular weight excluding hydrogens is 242 g/mol. The summed E-state index contributed by atoms with van der Waals surface area (Å²) in [6.07, 6.45) is 5.68. The van der Waals surface area contributed by atoms with Crippen LogP contribution in [0.4, 0.5) is 4.39 Å². The Balaban J connectivity index is 2.27. The lowest BCUT2D eigenvalue weighted by Gasteiger charge is -2.18. The highest BCUT2D eigenvalue weighted by Gasteiger charge is 2.40. The van der Waals surface area contributed by atoms with E-state index in [0.29, 0.717) is 17.9 Å². The lowest BCUT2D eigenvalue weighted by atomic mass is 10.0. The van der Waals surface area contributed by atoms with Gasteiger partial charge >= 0.3 is 7.60 Å². The van der Waals surface area contributed by atoms with Crippen LogP contribution in [0, 0.1) is 11.8 Å². The van der Waals surface area contributed by atoms with Crippen molar-refractivity contribution in [2.24, 2.45) is 11.8 Å². The van der Waals surface area contributed by atoms with E-state index in [1.54, 1.807) is 13.8 Å². The van der Waals surface area contributed by atoms with Crippen LogP contribution in [0.5, 0.6) is 0 Å². The minimum atomic E-state index is -3.71. The fourth-order valence-electron chi connectivity index (χ4n) is 2.52.